The van der Waals surface area contributed by atoms with Gasteiger partial charge in [-0.25, -0.2) is 0 Å². The second-order valence-electron chi connectivity index (χ2n) is 3.36. The van der Waals surface area contributed by atoms with Gasteiger partial charge in [0, 0.05) is 6.92 Å². The quantitative estimate of drug-likeness (QED) is 0.754. The van der Waals surface area contributed by atoms with Gasteiger partial charge in [-0.1, -0.05) is 24.9 Å². The van der Waals surface area contributed by atoms with E-state index in [9.17, 15) is 4.79 Å². The minimum Gasteiger partial charge on any atom is -0.408 e. The fourth-order valence-electron chi connectivity index (χ4n) is 1.10. The number of amides is 1. The first kappa shape index (κ1) is 11.6. The molecular formula is C9H16N4O2. The molecule has 0 fully saturated rings. The van der Waals surface area contributed by atoms with Crippen LogP contribution < -0.4 is 11.1 Å². The maximum atomic E-state index is 11.5. The number of aryl methyl sites for hydroxylation is 1. The molecule has 1 atom stereocenters. The Morgan fingerprint density at radius 1 is 1.60 bits per heavy atom. The van der Waals surface area contributed by atoms with Crippen molar-refractivity contribution in [2.24, 2.45) is 5.73 Å². The van der Waals surface area contributed by atoms with Crippen LogP contribution in [0.2, 0.25) is 0 Å². The lowest BCUT2D eigenvalue weighted by Crippen LogP contribution is -2.35. The average Bonchev–Trinajstić information content (AvgIpc) is 2.60. The molecule has 0 radical (unpaired) electrons. The highest BCUT2D eigenvalue weighted by molar-refractivity contribution is 5.92. The number of rotatable bonds is 5. The Balaban J connectivity index is 2.41. The lowest BCUT2D eigenvalue weighted by atomic mass is 10.1. The number of carbonyl (C=O) groups is 1. The smallest absolute Gasteiger partial charge is 0.322 e. The summed E-state index contributed by atoms with van der Waals surface area (Å²) in [5, 5.41) is 9.70. The third-order valence-electron chi connectivity index (χ3n) is 1.96. The molecule has 1 aromatic rings. The Hall–Kier alpha value is -1.43. The summed E-state index contributed by atoms with van der Waals surface area (Å²) in [4.78, 5) is 11.5. The number of hydrogen-bond donors (Lipinski definition) is 2. The van der Waals surface area contributed by atoms with Crippen molar-refractivity contribution in [3.8, 4) is 0 Å². The molecule has 3 N–H and O–H groups in total. The van der Waals surface area contributed by atoms with Crippen LogP contribution in [0.5, 0.6) is 0 Å². The maximum absolute atomic E-state index is 11.5. The normalized spacial score (nSPS) is 12.5. The molecule has 0 aromatic carbocycles. The van der Waals surface area contributed by atoms with E-state index in [1.807, 2.05) is 6.92 Å². The molecule has 6 heteroatoms. The molecule has 0 aliphatic rings. The summed E-state index contributed by atoms with van der Waals surface area (Å²) < 4.78 is 5.00. The van der Waals surface area contributed by atoms with E-state index in [1.165, 1.54) is 0 Å². The van der Waals surface area contributed by atoms with Crippen molar-refractivity contribution in [3.63, 3.8) is 0 Å². The number of nitrogens with zero attached hydrogens (tertiary/aromatic N) is 2. The van der Waals surface area contributed by atoms with Gasteiger partial charge in [-0.3, -0.25) is 10.1 Å². The van der Waals surface area contributed by atoms with Crippen molar-refractivity contribution in [2.75, 3.05) is 5.32 Å². The second-order valence-corrected chi connectivity index (χ2v) is 3.36. The largest absolute Gasteiger partial charge is 0.408 e. The van der Waals surface area contributed by atoms with Gasteiger partial charge >= 0.3 is 6.01 Å². The first-order chi connectivity index (χ1) is 7.13. The van der Waals surface area contributed by atoms with E-state index in [1.54, 1.807) is 6.92 Å². The van der Waals surface area contributed by atoms with E-state index < -0.39 is 6.04 Å². The maximum Gasteiger partial charge on any atom is 0.322 e. The van der Waals surface area contributed by atoms with Crippen molar-refractivity contribution in [3.05, 3.63) is 5.89 Å². The molecule has 15 heavy (non-hydrogen) atoms. The molecule has 6 nitrogen and oxygen atoms in total. The Bertz CT molecular complexity index is 324. The van der Waals surface area contributed by atoms with E-state index in [0.717, 1.165) is 12.8 Å². The minimum atomic E-state index is -0.517. The van der Waals surface area contributed by atoms with E-state index in [0.29, 0.717) is 12.3 Å². The van der Waals surface area contributed by atoms with Crippen LogP contribution >= 0.6 is 0 Å². The molecular weight excluding hydrogens is 196 g/mol. The molecule has 0 aliphatic heterocycles. The predicted molar refractivity (Wildman–Crippen MR) is 55.2 cm³/mol. The van der Waals surface area contributed by atoms with Gasteiger partial charge in [0.15, 0.2) is 0 Å². The number of hydrogen-bond acceptors (Lipinski definition) is 5. The first-order valence-electron chi connectivity index (χ1n) is 5.00. The highest BCUT2D eigenvalue weighted by Gasteiger charge is 2.15. The summed E-state index contributed by atoms with van der Waals surface area (Å²) >= 11 is 0. The summed E-state index contributed by atoms with van der Waals surface area (Å²) in [6, 6.07) is -0.415. The highest BCUT2D eigenvalue weighted by atomic mass is 16.4. The fourth-order valence-corrected chi connectivity index (χ4v) is 1.10. The first-order valence-corrected chi connectivity index (χ1v) is 5.00. The molecule has 1 amide bonds. The molecule has 0 bridgehead atoms. The average molecular weight is 212 g/mol. The lowest BCUT2D eigenvalue weighted by Gasteiger charge is -2.08. The van der Waals surface area contributed by atoms with Crippen LogP contribution in [0.4, 0.5) is 6.01 Å². The monoisotopic (exact) mass is 212 g/mol. The number of carbonyl (C=O) groups excluding carboxylic acids is 1. The summed E-state index contributed by atoms with van der Waals surface area (Å²) in [6.07, 6.45) is 2.60. The van der Waals surface area contributed by atoms with E-state index >= 15 is 0 Å². The summed E-state index contributed by atoms with van der Waals surface area (Å²) in [6.45, 7) is 3.70. The Kier molecular flexibility index (Phi) is 4.23. The van der Waals surface area contributed by atoms with Crippen LogP contribution in [-0.2, 0) is 4.79 Å². The predicted octanol–water partition coefficient (Wildman–Crippen LogP) is 0.834. The molecule has 1 heterocycles. The van der Waals surface area contributed by atoms with Crippen LogP contribution in [0.15, 0.2) is 4.42 Å². The van der Waals surface area contributed by atoms with Crippen molar-refractivity contribution in [2.45, 2.75) is 39.2 Å². The molecule has 0 aliphatic carbocycles. The zero-order valence-corrected chi connectivity index (χ0v) is 8.99. The van der Waals surface area contributed by atoms with Gasteiger partial charge in [-0.05, 0) is 6.42 Å². The molecule has 1 aromatic heterocycles. The summed E-state index contributed by atoms with van der Waals surface area (Å²) in [5.41, 5.74) is 5.66. The Morgan fingerprint density at radius 2 is 2.33 bits per heavy atom. The zero-order chi connectivity index (χ0) is 11.3. The number of nitrogens with one attached hydrogen (secondary N) is 1. The van der Waals surface area contributed by atoms with Crippen molar-refractivity contribution in [1.82, 2.24) is 10.2 Å². The molecule has 0 spiro atoms. The second kappa shape index (κ2) is 5.45. The fraction of sp³-hybridized carbons (Fsp3) is 0.667. The SMILES string of the molecule is CCCCC(N)C(=O)Nc1nnc(C)o1. The molecule has 1 unspecified atom stereocenters. The summed E-state index contributed by atoms with van der Waals surface area (Å²) in [5.74, 6) is 0.125. The van der Waals surface area contributed by atoms with Crippen LogP contribution in [0.25, 0.3) is 0 Å². The standard InChI is InChI=1S/C9H16N4O2/c1-3-4-5-7(10)8(14)11-9-13-12-6(2)15-9/h7H,3-5,10H2,1-2H3,(H,11,13,14). The van der Waals surface area contributed by atoms with Crippen LogP contribution in [-0.4, -0.2) is 22.1 Å². The zero-order valence-electron chi connectivity index (χ0n) is 8.99. The molecule has 84 valence electrons. The number of nitrogens with two attached hydrogens (primary N) is 1. The van der Waals surface area contributed by atoms with Gasteiger partial charge in [-0.15, -0.1) is 5.10 Å². The number of aromatic nitrogens is 2. The van der Waals surface area contributed by atoms with Gasteiger partial charge in [0.2, 0.25) is 11.8 Å². The Labute approximate surface area is 88.2 Å². The van der Waals surface area contributed by atoms with Crippen molar-refractivity contribution < 1.29 is 9.21 Å². The number of anilines is 1. The minimum absolute atomic E-state index is 0.101. The van der Waals surface area contributed by atoms with Crippen LogP contribution in [0.3, 0.4) is 0 Å². The van der Waals surface area contributed by atoms with Gasteiger partial charge < -0.3 is 10.2 Å². The summed E-state index contributed by atoms with van der Waals surface area (Å²) in [7, 11) is 0. The number of unbranched alkanes of at least 4 members (excludes halogenated alkanes) is 1. The van der Waals surface area contributed by atoms with Crippen molar-refractivity contribution >= 4 is 11.9 Å². The van der Waals surface area contributed by atoms with Crippen LogP contribution in [0, 0.1) is 6.92 Å². The topological polar surface area (TPSA) is 94.0 Å². The molecule has 0 saturated carbocycles. The Morgan fingerprint density at radius 3 is 2.87 bits per heavy atom. The molecule has 1 rings (SSSR count). The van der Waals surface area contributed by atoms with Crippen LogP contribution in [0.1, 0.15) is 32.1 Å². The third kappa shape index (κ3) is 3.67. The lowest BCUT2D eigenvalue weighted by molar-refractivity contribution is -0.117. The van der Waals surface area contributed by atoms with Gasteiger partial charge in [0.25, 0.3) is 0 Å². The van der Waals surface area contributed by atoms with Gasteiger partial charge in [0.1, 0.15) is 0 Å². The van der Waals surface area contributed by atoms with E-state index in [4.69, 9.17) is 10.2 Å². The highest BCUT2D eigenvalue weighted by Crippen LogP contribution is 2.05. The van der Waals surface area contributed by atoms with E-state index in [2.05, 4.69) is 15.5 Å². The molecule has 0 saturated heterocycles. The van der Waals surface area contributed by atoms with E-state index in [-0.39, 0.29) is 11.9 Å². The third-order valence-corrected chi connectivity index (χ3v) is 1.96. The van der Waals surface area contributed by atoms with Crippen molar-refractivity contribution in [1.29, 1.82) is 0 Å². The van der Waals surface area contributed by atoms with Gasteiger partial charge in [0.05, 0.1) is 6.04 Å². The van der Waals surface area contributed by atoms with Gasteiger partial charge in [-0.2, -0.15) is 0 Å².